The number of benzene rings is 3. The summed E-state index contributed by atoms with van der Waals surface area (Å²) in [5, 5.41) is 2.45. The van der Waals surface area contributed by atoms with E-state index in [0.29, 0.717) is 17.1 Å². The van der Waals surface area contributed by atoms with E-state index in [-0.39, 0.29) is 29.0 Å². The van der Waals surface area contributed by atoms with Crippen molar-refractivity contribution in [2.75, 3.05) is 5.75 Å². The first kappa shape index (κ1) is 26.6. The predicted octanol–water partition coefficient (Wildman–Crippen LogP) is 5.09. The topological polar surface area (TPSA) is 84.9 Å². The number of amides is 2. The molecule has 7 nitrogen and oxygen atoms in total. The number of fused-ring (bicyclic) bond motifs is 1. The fraction of sp³-hybridized carbons (Fsp3) is 0.258. The molecule has 1 saturated heterocycles. The first-order chi connectivity index (χ1) is 19.0. The fourth-order valence-corrected chi connectivity index (χ4v) is 5.73. The summed E-state index contributed by atoms with van der Waals surface area (Å²) in [6, 6.07) is 25.2. The number of rotatable bonds is 9. The van der Waals surface area contributed by atoms with Crippen LogP contribution in [0.4, 0.5) is 0 Å². The second-order valence-corrected chi connectivity index (χ2v) is 10.6. The number of β-lactam (4-membered cyclic amide) rings is 1. The van der Waals surface area contributed by atoms with Crippen molar-refractivity contribution in [2.24, 2.45) is 0 Å². The summed E-state index contributed by atoms with van der Waals surface area (Å²) in [5.74, 6) is -0.164. The van der Waals surface area contributed by atoms with Crippen LogP contribution in [-0.2, 0) is 14.3 Å². The zero-order valence-corrected chi connectivity index (χ0v) is 22.6. The van der Waals surface area contributed by atoms with E-state index < -0.39 is 18.1 Å². The average molecular weight is 543 g/mol. The van der Waals surface area contributed by atoms with E-state index in [1.165, 1.54) is 16.7 Å². The number of nitrogens with zero attached hydrogens (tertiary/aromatic N) is 1. The molecule has 5 rings (SSSR count). The molecular formula is C31H30N2O5S. The lowest BCUT2D eigenvalue weighted by molar-refractivity contribution is -0.153. The van der Waals surface area contributed by atoms with Crippen molar-refractivity contribution in [3.05, 3.63) is 113 Å². The Morgan fingerprint density at radius 1 is 1.00 bits per heavy atom. The van der Waals surface area contributed by atoms with Gasteiger partial charge in [-0.05, 0) is 48.7 Å². The highest BCUT2D eigenvalue weighted by Gasteiger charge is 2.53. The highest BCUT2D eigenvalue weighted by atomic mass is 32.2. The van der Waals surface area contributed by atoms with Gasteiger partial charge in [-0.2, -0.15) is 0 Å². The number of hydrogen-bond acceptors (Lipinski definition) is 6. The minimum atomic E-state index is -0.739. The molecule has 0 aromatic heterocycles. The van der Waals surface area contributed by atoms with Crippen LogP contribution in [0.1, 0.15) is 47.9 Å². The van der Waals surface area contributed by atoms with Gasteiger partial charge in [0.05, 0.1) is 6.10 Å². The minimum absolute atomic E-state index is 0.0251. The number of carbonyl (C=O) groups is 3. The van der Waals surface area contributed by atoms with Crippen LogP contribution in [-0.4, -0.2) is 46.0 Å². The number of carbonyl (C=O) groups excluding carboxylic acids is 3. The van der Waals surface area contributed by atoms with Crippen LogP contribution in [0.15, 0.2) is 96.7 Å². The second kappa shape index (κ2) is 11.8. The van der Waals surface area contributed by atoms with Crippen molar-refractivity contribution in [1.82, 2.24) is 10.2 Å². The summed E-state index contributed by atoms with van der Waals surface area (Å²) in [7, 11) is 0. The Morgan fingerprint density at radius 2 is 1.67 bits per heavy atom. The Balaban J connectivity index is 1.28. The van der Waals surface area contributed by atoms with Crippen molar-refractivity contribution in [3.63, 3.8) is 0 Å². The van der Waals surface area contributed by atoms with E-state index in [9.17, 15) is 14.4 Å². The number of thioether (sulfide) groups is 1. The Morgan fingerprint density at radius 3 is 2.31 bits per heavy atom. The van der Waals surface area contributed by atoms with E-state index in [2.05, 4.69) is 5.32 Å². The van der Waals surface area contributed by atoms with Gasteiger partial charge in [-0.25, -0.2) is 4.79 Å². The lowest BCUT2D eigenvalue weighted by Crippen LogP contribution is -2.70. The third kappa shape index (κ3) is 5.71. The maximum absolute atomic E-state index is 13.4. The Hall–Kier alpha value is -4.04. The molecule has 3 aromatic carbocycles. The fourth-order valence-electron chi connectivity index (χ4n) is 4.53. The first-order valence-corrected chi connectivity index (χ1v) is 14.0. The molecule has 3 aromatic rings. The molecule has 3 unspecified atom stereocenters. The van der Waals surface area contributed by atoms with Gasteiger partial charge < -0.3 is 14.8 Å². The number of hydrogen-bond donors (Lipinski definition) is 1. The monoisotopic (exact) mass is 542 g/mol. The third-order valence-corrected chi connectivity index (χ3v) is 7.96. The molecule has 2 aliphatic heterocycles. The normalized spacial score (nSPS) is 18.9. The molecule has 2 heterocycles. The lowest BCUT2D eigenvalue weighted by Gasteiger charge is -2.48. The van der Waals surface area contributed by atoms with Gasteiger partial charge in [0, 0.05) is 11.3 Å². The summed E-state index contributed by atoms with van der Waals surface area (Å²) in [4.78, 5) is 41.0. The molecule has 39 heavy (non-hydrogen) atoms. The van der Waals surface area contributed by atoms with Crippen molar-refractivity contribution in [2.45, 2.75) is 43.9 Å². The largest absolute Gasteiger partial charge is 0.491 e. The Labute approximate surface area is 232 Å². The third-order valence-electron chi connectivity index (χ3n) is 6.78. The van der Waals surface area contributed by atoms with Crippen LogP contribution in [0.3, 0.4) is 0 Å². The first-order valence-electron chi connectivity index (χ1n) is 13.0. The van der Waals surface area contributed by atoms with Crippen molar-refractivity contribution in [3.8, 4) is 5.75 Å². The molecule has 8 heteroatoms. The van der Waals surface area contributed by atoms with Gasteiger partial charge in [-0.15, -0.1) is 11.8 Å². The van der Waals surface area contributed by atoms with Gasteiger partial charge in [0.1, 0.15) is 22.9 Å². The number of ether oxygens (including phenoxy) is 2. The number of nitrogens with one attached hydrogen (secondary N) is 1. The van der Waals surface area contributed by atoms with Gasteiger partial charge in [0.2, 0.25) is 0 Å². The van der Waals surface area contributed by atoms with Crippen LogP contribution in [0, 0.1) is 0 Å². The zero-order valence-electron chi connectivity index (χ0n) is 21.8. The highest BCUT2D eigenvalue weighted by Crippen LogP contribution is 2.39. The van der Waals surface area contributed by atoms with Crippen LogP contribution in [0.5, 0.6) is 5.75 Å². The smallest absolute Gasteiger partial charge is 0.355 e. The van der Waals surface area contributed by atoms with Crippen LogP contribution >= 0.6 is 11.8 Å². The van der Waals surface area contributed by atoms with Crippen molar-refractivity contribution < 1.29 is 23.9 Å². The quantitative estimate of drug-likeness (QED) is 0.299. The minimum Gasteiger partial charge on any atom is -0.491 e. The van der Waals surface area contributed by atoms with Gasteiger partial charge in [0.25, 0.3) is 11.8 Å². The standard InChI is InChI=1S/C31H30N2O5S/c1-3-20(2)37-24-16-10-15-23(19-24)28(34)32-26-29(35)33-25(17-18-39-30(26)33)31(36)38-27(21-11-6-4-7-12-21)22-13-8-5-9-14-22/h4-17,19-20,26-27,30H,3,18H2,1-2H3,(H,32,34). The average Bonchev–Trinajstić information content (AvgIpc) is 2.98. The van der Waals surface area contributed by atoms with E-state index in [4.69, 9.17) is 9.47 Å². The van der Waals surface area contributed by atoms with E-state index >= 15 is 0 Å². The van der Waals surface area contributed by atoms with Gasteiger partial charge >= 0.3 is 5.97 Å². The summed E-state index contributed by atoms with van der Waals surface area (Å²) < 4.78 is 11.8. The predicted molar refractivity (Wildman–Crippen MR) is 150 cm³/mol. The molecule has 2 aliphatic rings. The molecule has 3 atom stereocenters. The Kier molecular flexibility index (Phi) is 8.02. The Bertz CT molecular complexity index is 1340. The summed E-state index contributed by atoms with van der Waals surface area (Å²) in [6.45, 7) is 3.99. The lowest BCUT2D eigenvalue weighted by atomic mass is 10.0. The van der Waals surface area contributed by atoms with Gasteiger partial charge in [-0.1, -0.05) is 73.7 Å². The molecule has 2 amide bonds. The van der Waals surface area contributed by atoms with Crippen LogP contribution < -0.4 is 10.1 Å². The molecule has 0 radical (unpaired) electrons. The van der Waals surface area contributed by atoms with E-state index in [0.717, 1.165) is 17.5 Å². The van der Waals surface area contributed by atoms with E-state index in [1.54, 1.807) is 30.3 Å². The maximum atomic E-state index is 13.4. The zero-order chi connectivity index (χ0) is 27.4. The van der Waals surface area contributed by atoms with Crippen LogP contribution in [0.2, 0.25) is 0 Å². The molecule has 1 N–H and O–H groups in total. The van der Waals surface area contributed by atoms with Crippen molar-refractivity contribution >= 4 is 29.5 Å². The van der Waals surface area contributed by atoms with Crippen LogP contribution in [0.25, 0.3) is 0 Å². The molecular weight excluding hydrogens is 512 g/mol. The maximum Gasteiger partial charge on any atom is 0.355 e. The molecule has 1 fully saturated rings. The number of esters is 1. The summed E-state index contributed by atoms with van der Waals surface area (Å²) in [5.41, 5.74) is 2.28. The highest BCUT2D eigenvalue weighted by molar-refractivity contribution is 8.00. The summed E-state index contributed by atoms with van der Waals surface area (Å²) >= 11 is 1.49. The summed E-state index contributed by atoms with van der Waals surface area (Å²) in [6.07, 6.45) is 1.96. The molecule has 0 bridgehead atoms. The van der Waals surface area contributed by atoms with E-state index in [1.807, 2.05) is 74.5 Å². The second-order valence-electron chi connectivity index (χ2n) is 9.44. The molecule has 200 valence electrons. The van der Waals surface area contributed by atoms with Gasteiger partial charge in [-0.3, -0.25) is 14.5 Å². The molecule has 0 aliphatic carbocycles. The SMILES string of the molecule is CCC(C)Oc1cccc(C(=O)NC2C(=O)N3C(C(=O)OC(c4ccccc4)c4ccccc4)=CCSC23)c1. The molecule has 0 spiro atoms. The molecule has 0 saturated carbocycles. The van der Waals surface area contributed by atoms with Gasteiger partial charge in [0.15, 0.2) is 6.10 Å². The van der Waals surface area contributed by atoms with Crippen molar-refractivity contribution in [1.29, 1.82) is 0 Å².